The van der Waals surface area contributed by atoms with Crippen molar-refractivity contribution >= 4 is 0 Å². The molecule has 1 atom stereocenters. The zero-order valence-corrected chi connectivity index (χ0v) is 12.5. The quantitative estimate of drug-likeness (QED) is 0.908. The van der Waals surface area contributed by atoms with Gasteiger partial charge in [0.25, 0.3) is 0 Å². The van der Waals surface area contributed by atoms with E-state index in [4.69, 9.17) is 4.74 Å². The first-order valence-corrected chi connectivity index (χ1v) is 7.48. The van der Waals surface area contributed by atoms with Crippen molar-refractivity contribution in [1.29, 1.82) is 0 Å². The Morgan fingerprint density at radius 1 is 1.43 bits per heavy atom. The molecular weight excluding hydrogens is 266 g/mol. The van der Waals surface area contributed by atoms with Gasteiger partial charge in [0.15, 0.2) is 6.61 Å². The third kappa shape index (κ3) is 3.05. The number of tetrazole rings is 1. The van der Waals surface area contributed by atoms with Gasteiger partial charge in [0.1, 0.15) is 5.75 Å². The summed E-state index contributed by atoms with van der Waals surface area (Å²) in [6.45, 7) is 3.49. The molecule has 1 N–H and O–H groups in total. The highest BCUT2D eigenvalue weighted by Crippen LogP contribution is 2.35. The number of aromatic nitrogens is 4. The van der Waals surface area contributed by atoms with E-state index in [1.165, 1.54) is 28.8 Å². The van der Waals surface area contributed by atoms with Crippen molar-refractivity contribution in [1.82, 2.24) is 25.5 Å². The van der Waals surface area contributed by atoms with E-state index in [1.807, 2.05) is 6.07 Å². The van der Waals surface area contributed by atoms with Gasteiger partial charge in [0.2, 0.25) is 5.82 Å². The molecule has 0 bridgehead atoms. The SMILES string of the molecule is CCNC1CCCc2c(OCc3nnn(C)n3)cccc21. The average molecular weight is 287 g/mol. The van der Waals surface area contributed by atoms with E-state index in [0.717, 1.165) is 18.7 Å². The summed E-state index contributed by atoms with van der Waals surface area (Å²) < 4.78 is 5.92. The Labute approximate surface area is 124 Å². The Hall–Kier alpha value is -1.95. The summed E-state index contributed by atoms with van der Waals surface area (Å²) in [4.78, 5) is 1.44. The van der Waals surface area contributed by atoms with Crippen molar-refractivity contribution in [3.63, 3.8) is 0 Å². The second kappa shape index (κ2) is 6.22. The van der Waals surface area contributed by atoms with Crippen LogP contribution in [0.15, 0.2) is 18.2 Å². The fourth-order valence-corrected chi connectivity index (χ4v) is 2.93. The van der Waals surface area contributed by atoms with Gasteiger partial charge in [0.05, 0.1) is 7.05 Å². The fourth-order valence-electron chi connectivity index (χ4n) is 2.93. The van der Waals surface area contributed by atoms with Gasteiger partial charge >= 0.3 is 0 Å². The number of nitrogens with zero attached hydrogens (tertiary/aromatic N) is 4. The molecule has 0 amide bonds. The molecule has 0 spiro atoms. The molecule has 1 heterocycles. The van der Waals surface area contributed by atoms with Crippen LogP contribution in [0.25, 0.3) is 0 Å². The van der Waals surface area contributed by atoms with Gasteiger partial charge in [-0.3, -0.25) is 0 Å². The van der Waals surface area contributed by atoms with Crippen LogP contribution in [0.2, 0.25) is 0 Å². The van der Waals surface area contributed by atoms with Crippen LogP contribution in [0.4, 0.5) is 0 Å². The van der Waals surface area contributed by atoms with Gasteiger partial charge in [-0.15, -0.1) is 10.2 Å². The van der Waals surface area contributed by atoms with E-state index in [0.29, 0.717) is 18.5 Å². The standard InChI is InChI=1S/C15H21N5O/c1-3-16-13-8-4-7-12-11(13)6-5-9-14(12)21-10-15-17-19-20(2)18-15/h5-6,9,13,16H,3-4,7-8,10H2,1-2H3. The topological polar surface area (TPSA) is 64.9 Å². The van der Waals surface area contributed by atoms with Gasteiger partial charge in [0, 0.05) is 6.04 Å². The summed E-state index contributed by atoms with van der Waals surface area (Å²) in [5.74, 6) is 1.55. The molecule has 21 heavy (non-hydrogen) atoms. The van der Waals surface area contributed by atoms with Gasteiger partial charge in [-0.1, -0.05) is 19.1 Å². The smallest absolute Gasteiger partial charge is 0.212 e. The normalized spacial score (nSPS) is 17.5. The monoisotopic (exact) mass is 287 g/mol. The first-order chi connectivity index (χ1) is 10.3. The first-order valence-electron chi connectivity index (χ1n) is 7.48. The van der Waals surface area contributed by atoms with Crippen molar-refractivity contribution in [2.24, 2.45) is 7.05 Å². The molecule has 0 aliphatic heterocycles. The number of fused-ring (bicyclic) bond motifs is 1. The average Bonchev–Trinajstić information content (AvgIpc) is 2.91. The lowest BCUT2D eigenvalue weighted by Crippen LogP contribution is -2.25. The number of aryl methyl sites for hydroxylation is 1. The Morgan fingerprint density at radius 2 is 2.33 bits per heavy atom. The first kappa shape index (κ1) is 14.0. The number of hydrogen-bond acceptors (Lipinski definition) is 5. The lowest BCUT2D eigenvalue weighted by molar-refractivity contribution is 0.289. The van der Waals surface area contributed by atoms with Crippen molar-refractivity contribution in [2.45, 2.75) is 38.8 Å². The molecule has 0 radical (unpaired) electrons. The van der Waals surface area contributed by atoms with E-state index in [2.05, 4.69) is 39.8 Å². The summed E-state index contributed by atoms with van der Waals surface area (Å²) in [6.07, 6.45) is 3.45. The molecule has 2 aromatic rings. The van der Waals surface area contributed by atoms with Crippen LogP contribution in [0.1, 0.15) is 42.8 Å². The summed E-state index contributed by atoms with van der Waals surface area (Å²) in [6, 6.07) is 6.74. The summed E-state index contributed by atoms with van der Waals surface area (Å²) in [5, 5.41) is 15.5. The predicted octanol–water partition coefficient (Wildman–Crippen LogP) is 1.78. The minimum atomic E-state index is 0.357. The molecule has 0 saturated carbocycles. The summed E-state index contributed by atoms with van der Waals surface area (Å²) in [7, 11) is 1.75. The minimum Gasteiger partial charge on any atom is -0.485 e. The van der Waals surface area contributed by atoms with E-state index >= 15 is 0 Å². The van der Waals surface area contributed by atoms with Crippen molar-refractivity contribution in [2.75, 3.05) is 6.54 Å². The number of hydrogen-bond donors (Lipinski definition) is 1. The molecule has 1 aromatic carbocycles. The van der Waals surface area contributed by atoms with Crippen molar-refractivity contribution in [3.05, 3.63) is 35.2 Å². The molecular formula is C15H21N5O. The second-order valence-corrected chi connectivity index (χ2v) is 5.31. The van der Waals surface area contributed by atoms with Gasteiger partial charge in [-0.25, -0.2) is 0 Å². The number of benzene rings is 1. The molecule has 0 fully saturated rings. The Bertz CT molecular complexity index is 610. The van der Waals surface area contributed by atoms with Gasteiger partial charge in [-0.05, 0) is 48.2 Å². The van der Waals surface area contributed by atoms with Crippen LogP contribution in [0.3, 0.4) is 0 Å². The van der Waals surface area contributed by atoms with Gasteiger partial charge < -0.3 is 10.1 Å². The second-order valence-electron chi connectivity index (χ2n) is 5.31. The molecule has 3 rings (SSSR count). The predicted molar refractivity (Wildman–Crippen MR) is 78.9 cm³/mol. The number of ether oxygens (including phenoxy) is 1. The summed E-state index contributed by atoms with van der Waals surface area (Å²) >= 11 is 0. The van der Waals surface area contributed by atoms with Crippen molar-refractivity contribution < 1.29 is 4.74 Å². The molecule has 112 valence electrons. The van der Waals surface area contributed by atoms with Crippen LogP contribution in [-0.2, 0) is 20.1 Å². The Morgan fingerprint density at radius 3 is 3.10 bits per heavy atom. The largest absolute Gasteiger partial charge is 0.485 e. The Balaban J connectivity index is 1.78. The third-order valence-corrected chi connectivity index (χ3v) is 3.82. The fraction of sp³-hybridized carbons (Fsp3) is 0.533. The highest BCUT2D eigenvalue weighted by atomic mass is 16.5. The zero-order chi connectivity index (χ0) is 14.7. The van der Waals surface area contributed by atoms with E-state index in [-0.39, 0.29) is 0 Å². The lowest BCUT2D eigenvalue weighted by Gasteiger charge is -2.27. The molecule has 6 heteroatoms. The summed E-state index contributed by atoms with van der Waals surface area (Å²) in [5.41, 5.74) is 2.69. The lowest BCUT2D eigenvalue weighted by atomic mass is 9.87. The Kier molecular flexibility index (Phi) is 4.15. The molecule has 1 aliphatic carbocycles. The van der Waals surface area contributed by atoms with Crippen LogP contribution in [0, 0.1) is 0 Å². The number of rotatable bonds is 5. The molecule has 1 aliphatic rings. The third-order valence-electron chi connectivity index (χ3n) is 3.82. The van der Waals surface area contributed by atoms with Crippen LogP contribution in [0.5, 0.6) is 5.75 Å². The minimum absolute atomic E-state index is 0.357. The highest BCUT2D eigenvalue weighted by molar-refractivity contribution is 5.43. The maximum Gasteiger partial charge on any atom is 0.212 e. The molecule has 1 unspecified atom stereocenters. The van der Waals surface area contributed by atoms with Crippen LogP contribution < -0.4 is 10.1 Å². The highest BCUT2D eigenvalue weighted by Gasteiger charge is 2.22. The molecule has 1 aromatic heterocycles. The molecule has 6 nitrogen and oxygen atoms in total. The van der Waals surface area contributed by atoms with Crippen molar-refractivity contribution in [3.8, 4) is 5.75 Å². The van der Waals surface area contributed by atoms with Crippen LogP contribution >= 0.6 is 0 Å². The van der Waals surface area contributed by atoms with E-state index in [1.54, 1.807) is 7.05 Å². The number of nitrogens with one attached hydrogen (secondary N) is 1. The zero-order valence-electron chi connectivity index (χ0n) is 12.5. The maximum absolute atomic E-state index is 5.92. The van der Waals surface area contributed by atoms with E-state index < -0.39 is 0 Å². The van der Waals surface area contributed by atoms with Crippen LogP contribution in [-0.4, -0.2) is 26.8 Å². The molecule has 0 saturated heterocycles. The maximum atomic E-state index is 5.92. The van der Waals surface area contributed by atoms with E-state index in [9.17, 15) is 0 Å². The van der Waals surface area contributed by atoms with Gasteiger partial charge in [-0.2, -0.15) is 4.80 Å².